The molecule has 0 aliphatic carbocycles. The predicted octanol–water partition coefficient (Wildman–Crippen LogP) is 2.94. The molecular weight excluding hydrogens is 336 g/mol. The van der Waals surface area contributed by atoms with Gasteiger partial charge in [0.05, 0.1) is 0 Å². The topological polar surface area (TPSA) is 56.7 Å². The third-order valence-electron chi connectivity index (χ3n) is 3.71. The lowest BCUT2D eigenvalue weighted by atomic mass is 9.86. The molecule has 0 aliphatic heterocycles. The molecule has 0 saturated carbocycles. The molecule has 2 N–H and O–H groups in total. The fourth-order valence-electron chi connectivity index (χ4n) is 2.40. The van der Waals surface area contributed by atoms with Gasteiger partial charge in [-0.3, -0.25) is 9.79 Å². The molecule has 0 fully saturated rings. The molecule has 5 nitrogen and oxygen atoms in total. The van der Waals surface area contributed by atoms with E-state index in [9.17, 15) is 4.79 Å². The summed E-state index contributed by atoms with van der Waals surface area (Å²) in [6, 6.07) is 7.96. The average molecular weight is 367 g/mol. The number of hydrogen-bond donors (Lipinski definition) is 2. The standard InChI is InChI=1S/C19H31ClN4O/c1-6-21-18(22-11-10-17(25)24(4)5)23-14-19(2,3)13-15-8-7-9-16(20)12-15/h7-9,12H,6,10-11,13-14H2,1-5H3,(H2,21,22,23). The summed E-state index contributed by atoms with van der Waals surface area (Å²) in [4.78, 5) is 17.9. The molecule has 0 unspecified atom stereocenters. The van der Waals surface area contributed by atoms with Crippen molar-refractivity contribution in [3.05, 3.63) is 34.9 Å². The minimum atomic E-state index is 0.00644. The van der Waals surface area contributed by atoms with Crippen LogP contribution in [0.1, 0.15) is 32.8 Å². The van der Waals surface area contributed by atoms with Crippen molar-refractivity contribution in [3.8, 4) is 0 Å². The number of carbonyl (C=O) groups is 1. The van der Waals surface area contributed by atoms with Gasteiger partial charge in [-0.1, -0.05) is 37.6 Å². The Labute approximate surface area is 156 Å². The van der Waals surface area contributed by atoms with Gasteiger partial charge in [0.1, 0.15) is 0 Å². The maximum Gasteiger partial charge on any atom is 0.223 e. The highest BCUT2D eigenvalue weighted by atomic mass is 35.5. The summed E-state index contributed by atoms with van der Waals surface area (Å²) in [6.45, 7) is 8.43. The van der Waals surface area contributed by atoms with E-state index >= 15 is 0 Å². The van der Waals surface area contributed by atoms with Gasteiger partial charge in [-0.05, 0) is 36.5 Å². The third kappa shape index (κ3) is 8.77. The lowest BCUT2D eigenvalue weighted by Gasteiger charge is -2.23. The average Bonchev–Trinajstić information content (AvgIpc) is 2.52. The zero-order valence-corrected chi connectivity index (χ0v) is 16.8. The van der Waals surface area contributed by atoms with Crippen LogP contribution in [0.2, 0.25) is 5.02 Å². The molecule has 0 saturated heterocycles. The van der Waals surface area contributed by atoms with Crippen LogP contribution in [0.25, 0.3) is 0 Å². The summed E-state index contributed by atoms with van der Waals surface area (Å²) < 4.78 is 0. The molecule has 1 rings (SSSR count). The van der Waals surface area contributed by atoms with Crippen molar-refractivity contribution in [2.75, 3.05) is 33.7 Å². The van der Waals surface area contributed by atoms with E-state index in [1.807, 2.05) is 25.1 Å². The number of nitrogens with one attached hydrogen (secondary N) is 2. The van der Waals surface area contributed by atoms with E-state index in [4.69, 9.17) is 11.6 Å². The van der Waals surface area contributed by atoms with Gasteiger partial charge in [0.2, 0.25) is 5.91 Å². The zero-order chi connectivity index (χ0) is 18.9. The Hall–Kier alpha value is -1.75. The van der Waals surface area contributed by atoms with E-state index in [0.717, 1.165) is 23.9 Å². The minimum absolute atomic E-state index is 0.00644. The first-order valence-electron chi connectivity index (χ1n) is 8.70. The Morgan fingerprint density at radius 1 is 1.28 bits per heavy atom. The summed E-state index contributed by atoms with van der Waals surface area (Å²) >= 11 is 6.07. The van der Waals surface area contributed by atoms with E-state index in [-0.39, 0.29) is 11.3 Å². The van der Waals surface area contributed by atoms with Crippen LogP contribution in [0.3, 0.4) is 0 Å². The molecule has 6 heteroatoms. The molecule has 0 spiro atoms. The van der Waals surface area contributed by atoms with E-state index in [0.29, 0.717) is 19.5 Å². The second-order valence-electron chi connectivity index (χ2n) is 7.13. The SMILES string of the molecule is CCNC(=NCC(C)(C)Cc1cccc(Cl)c1)NCCC(=O)N(C)C. The highest BCUT2D eigenvalue weighted by Crippen LogP contribution is 2.23. The van der Waals surface area contributed by atoms with Crippen molar-refractivity contribution in [3.63, 3.8) is 0 Å². The second-order valence-corrected chi connectivity index (χ2v) is 7.57. The highest BCUT2D eigenvalue weighted by Gasteiger charge is 2.18. The molecule has 0 radical (unpaired) electrons. The smallest absolute Gasteiger partial charge is 0.223 e. The summed E-state index contributed by atoms with van der Waals surface area (Å²) in [5, 5.41) is 7.21. The largest absolute Gasteiger partial charge is 0.357 e. The molecular formula is C19H31ClN4O. The van der Waals surface area contributed by atoms with Crippen molar-refractivity contribution >= 4 is 23.5 Å². The van der Waals surface area contributed by atoms with Crippen molar-refractivity contribution in [2.24, 2.45) is 10.4 Å². The number of nitrogens with zero attached hydrogens (tertiary/aromatic N) is 2. The molecule has 0 aromatic heterocycles. The van der Waals surface area contributed by atoms with Crippen molar-refractivity contribution in [1.29, 1.82) is 0 Å². The van der Waals surface area contributed by atoms with Crippen LogP contribution < -0.4 is 10.6 Å². The van der Waals surface area contributed by atoms with Crippen LogP contribution in [0.4, 0.5) is 0 Å². The number of aliphatic imine (C=N–C) groups is 1. The van der Waals surface area contributed by atoms with Gasteiger partial charge < -0.3 is 15.5 Å². The summed E-state index contributed by atoms with van der Waals surface area (Å²) in [6.07, 6.45) is 1.35. The summed E-state index contributed by atoms with van der Waals surface area (Å²) in [5.74, 6) is 0.845. The van der Waals surface area contributed by atoms with Crippen molar-refractivity contribution < 1.29 is 4.79 Å². The Bertz CT molecular complexity index is 585. The van der Waals surface area contributed by atoms with Crippen LogP contribution in [-0.2, 0) is 11.2 Å². The quantitative estimate of drug-likeness (QED) is 0.549. The molecule has 0 atom stereocenters. The zero-order valence-electron chi connectivity index (χ0n) is 16.0. The van der Waals surface area contributed by atoms with Gasteiger partial charge >= 0.3 is 0 Å². The maximum absolute atomic E-state index is 11.6. The van der Waals surface area contributed by atoms with E-state index in [1.54, 1.807) is 19.0 Å². The normalized spacial score (nSPS) is 12.0. The molecule has 0 aliphatic rings. The second kappa shape index (κ2) is 10.3. The molecule has 0 bridgehead atoms. The van der Waals surface area contributed by atoms with E-state index in [2.05, 4.69) is 35.5 Å². The first-order chi connectivity index (χ1) is 11.7. The van der Waals surface area contributed by atoms with Gasteiger partial charge in [0.15, 0.2) is 5.96 Å². The number of benzene rings is 1. The molecule has 1 aromatic rings. The number of guanidine groups is 1. The van der Waals surface area contributed by atoms with Crippen molar-refractivity contribution in [2.45, 2.75) is 33.6 Å². The molecule has 140 valence electrons. The summed E-state index contributed by atoms with van der Waals surface area (Å²) in [5.41, 5.74) is 1.22. The lowest BCUT2D eigenvalue weighted by Crippen LogP contribution is -2.40. The van der Waals surface area contributed by atoms with Crippen LogP contribution in [-0.4, -0.2) is 50.5 Å². The highest BCUT2D eigenvalue weighted by molar-refractivity contribution is 6.30. The maximum atomic E-state index is 11.6. The van der Waals surface area contributed by atoms with Gasteiger partial charge in [-0.2, -0.15) is 0 Å². The van der Waals surface area contributed by atoms with Crippen LogP contribution >= 0.6 is 11.6 Å². The monoisotopic (exact) mass is 366 g/mol. The Morgan fingerprint density at radius 3 is 2.60 bits per heavy atom. The van der Waals surface area contributed by atoms with Gasteiger partial charge in [0.25, 0.3) is 0 Å². The number of hydrogen-bond acceptors (Lipinski definition) is 2. The fourth-order valence-corrected chi connectivity index (χ4v) is 2.61. The number of amides is 1. The Balaban J connectivity index is 2.60. The van der Waals surface area contributed by atoms with Gasteiger partial charge in [-0.15, -0.1) is 0 Å². The van der Waals surface area contributed by atoms with Crippen LogP contribution in [0.15, 0.2) is 29.3 Å². The Kier molecular flexibility index (Phi) is 8.76. The first-order valence-corrected chi connectivity index (χ1v) is 9.08. The van der Waals surface area contributed by atoms with E-state index in [1.165, 1.54) is 5.56 Å². The molecule has 25 heavy (non-hydrogen) atoms. The predicted molar refractivity (Wildman–Crippen MR) is 106 cm³/mol. The van der Waals surface area contributed by atoms with Gasteiger partial charge in [0, 0.05) is 45.2 Å². The summed E-state index contributed by atoms with van der Waals surface area (Å²) in [7, 11) is 3.53. The minimum Gasteiger partial charge on any atom is -0.357 e. The number of carbonyl (C=O) groups excluding carboxylic acids is 1. The van der Waals surface area contributed by atoms with Crippen LogP contribution in [0.5, 0.6) is 0 Å². The Morgan fingerprint density at radius 2 is 2.00 bits per heavy atom. The fraction of sp³-hybridized carbons (Fsp3) is 0.579. The van der Waals surface area contributed by atoms with Crippen molar-refractivity contribution in [1.82, 2.24) is 15.5 Å². The van der Waals surface area contributed by atoms with Crippen LogP contribution in [0, 0.1) is 5.41 Å². The molecule has 1 aromatic carbocycles. The molecule has 1 amide bonds. The number of halogens is 1. The van der Waals surface area contributed by atoms with E-state index < -0.39 is 0 Å². The third-order valence-corrected chi connectivity index (χ3v) is 3.95. The molecule has 0 heterocycles. The van der Waals surface area contributed by atoms with Gasteiger partial charge in [-0.25, -0.2) is 0 Å². The number of rotatable bonds is 8. The first kappa shape index (κ1) is 21.3. The lowest BCUT2D eigenvalue weighted by molar-refractivity contribution is -0.128.